The Bertz CT molecular complexity index is 1000. The first-order valence-electron chi connectivity index (χ1n) is 9.87. The molecular weight excluding hydrogens is 382 g/mol. The van der Waals surface area contributed by atoms with Crippen LogP contribution in [0.25, 0.3) is 0 Å². The minimum Gasteiger partial charge on any atom is -0.496 e. The maximum Gasteiger partial charge on any atom is 0.325 e. The topological polar surface area (TPSA) is 79.0 Å². The van der Waals surface area contributed by atoms with Crippen molar-refractivity contribution < 1.29 is 19.1 Å². The number of likely N-dealkylation sites (N-methyl/N-ethyl adjacent to an activating group) is 1. The highest BCUT2D eigenvalue weighted by Crippen LogP contribution is 2.32. The Morgan fingerprint density at radius 2 is 1.90 bits per heavy atom. The minimum absolute atomic E-state index is 0.318. The van der Waals surface area contributed by atoms with Crippen molar-refractivity contribution in [3.8, 4) is 5.75 Å². The Kier molecular flexibility index (Phi) is 5.82. The Morgan fingerprint density at radius 3 is 2.50 bits per heavy atom. The molecule has 1 atom stereocenters. The van der Waals surface area contributed by atoms with E-state index < -0.39 is 17.5 Å². The molecule has 1 unspecified atom stereocenters. The number of amides is 4. The molecule has 0 bridgehead atoms. The highest BCUT2D eigenvalue weighted by molar-refractivity contribution is 6.10. The maximum atomic E-state index is 13.2. The molecule has 1 saturated heterocycles. The fourth-order valence-electron chi connectivity index (χ4n) is 3.75. The van der Waals surface area contributed by atoms with E-state index in [9.17, 15) is 14.4 Å². The largest absolute Gasteiger partial charge is 0.496 e. The molecule has 30 heavy (non-hydrogen) atoms. The second-order valence-corrected chi connectivity index (χ2v) is 7.61. The monoisotopic (exact) mass is 409 g/mol. The normalized spacial score (nSPS) is 18.4. The Hall–Kier alpha value is -3.35. The third-order valence-corrected chi connectivity index (χ3v) is 5.47. The van der Waals surface area contributed by atoms with Crippen LogP contribution in [0.2, 0.25) is 0 Å². The van der Waals surface area contributed by atoms with Crippen molar-refractivity contribution in [2.45, 2.75) is 33.2 Å². The number of hydrogen-bond donors (Lipinski definition) is 1. The van der Waals surface area contributed by atoms with Gasteiger partial charge < -0.3 is 15.0 Å². The molecule has 1 aliphatic heterocycles. The zero-order chi connectivity index (χ0) is 22.1. The number of rotatable bonds is 6. The first-order chi connectivity index (χ1) is 14.2. The highest BCUT2D eigenvalue weighted by atomic mass is 16.5. The molecule has 0 radical (unpaired) electrons. The summed E-state index contributed by atoms with van der Waals surface area (Å²) < 4.78 is 5.27. The standard InChI is InChI=1S/C23H27N3O4/c1-6-25(18-9-7-8-15(2)12-18)20(27)14-26-21(28)23(4,24-22(26)29)17-10-11-19(30-5)16(3)13-17/h7-13H,6,14H2,1-5H3,(H,24,29). The number of carbonyl (C=O) groups excluding carboxylic acids is 3. The maximum absolute atomic E-state index is 13.2. The molecule has 1 N–H and O–H groups in total. The van der Waals surface area contributed by atoms with Crippen molar-refractivity contribution in [2.24, 2.45) is 0 Å². The molecule has 4 amide bonds. The smallest absolute Gasteiger partial charge is 0.325 e. The number of carbonyl (C=O) groups is 3. The lowest BCUT2D eigenvalue weighted by Gasteiger charge is -2.25. The van der Waals surface area contributed by atoms with Gasteiger partial charge in [0.05, 0.1) is 7.11 Å². The van der Waals surface area contributed by atoms with Crippen molar-refractivity contribution in [1.29, 1.82) is 0 Å². The summed E-state index contributed by atoms with van der Waals surface area (Å²) in [6.45, 7) is 7.43. The first kappa shape index (κ1) is 21.4. The van der Waals surface area contributed by atoms with E-state index in [0.717, 1.165) is 21.7 Å². The van der Waals surface area contributed by atoms with E-state index in [1.807, 2.05) is 51.1 Å². The van der Waals surface area contributed by atoms with Gasteiger partial charge in [-0.25, -0.2) is 4.79 Å². The summed E-state index contributed by atoms with van der Waals surface area (Å²) in [6.07, 6.45) is 0. The van der Waals surface area contributed by atoms with Crippen molar-refractivity contribution in [3.05, 3.63) is 59.2 Å². The molecule has 1 aliphatic rings. The average molecular weight is 409 g/mol. The molecule has 158 valence electrons. The van der Waals surface area contributed by atoms with Gasteiger partial charge in [0.15, 0.2) is 0 Å². The summed E-state index contributed by atoms with van der Waals surface area (Å²) in [6, 6.07) is 12.3. The summed E-state index contributed by atoms with van der Waals surface area (Å²) in [5.74, 6) is -0.0737. The third-order valence-electron chi connectivity index (χ3n) is 5.47. The molecule has 7 heteroatoms. The van der Waals surface area contributed by atoms with Gasteiger partial charge in [0.25, 0.3) is 5.91 Å². The van der Waals surface area contributed by atoms with E-state index in [4.69, 9.17) is 4.74 Å². The van der Waals surface area contributed by atoms with Gasteiger partial charge in [0.2, 0.25) is 5.91 Å². The van der Waals surface area contributed by atoms with Crippen molar-refractivity contribution in [2.75, 3.05) is 25.1 Å². The molecule has 0 aromatic heterocycles. The number of methoxy groups -OCH3 is 1. The number of anilines is 1. The van der Waals surface area contributed by atoms with Crippen molar-refractivity contribution >= 4 is 23.5 Å². The van der Waals surface area contributed by atoms with Gasteiger partial charge in [-0.1, -0.05) is 18.2 Å². The second-order valence-electron chi connectivity index (χ2n) is 7.61. The van der Waals surface area contributed by atoms with Crippen LogP contribution in [0.3, 0.4) is 0 Å². The fraction of sp³-hybridized carbons (Fsp3) is 0.348. The van der Waals surface area contributed by atoms with Crippen LogP contribution in [0.1, 0.15) is 30.5 Å². The zero-order valence-corrected chi connectivity index (χ0v) is 18.0. The number of hydrogen-bond acceptors (Lipinski definition) is 4. The number of nitrogens with zero attached hydrogens (tertiary/aromatic N) is 2. The molecular formula is C23H27N3O4. The summed E-state index contributed by atoms with van der Waals surface area (Å²) in [7, 11) is 1.58. The van der Waals surface area contributed by atoms with Crippen molar-refractivity contribution in [1.82, 2.24) is 10.2 Å². The van der Waals surface area contributed by atoms with Crippen LogP contribution in [-0.2, 0) is 15.1 Å². The SMILES string of the molecule is CCN(C(=O)CN1C(=O)NC(C)(c2ccc(OC)c(C)c2)C1=O)c1cccc(C)c1. The van der Waals surface area contributed by atoms with Gasteiger partial charge in [-0.05, 0) is 68.7 Å². The van der Waals surface area contributed by atoms with Crippen LogP contribution >= 0.6 is 0 Å². The van der Waals surface area contributed by atoms with Gasteiger partial charge in [-0.3, -0.25) is 14.5 Å². The predicted octanol–water partition coefficient (Wildman–Crippen LogP) is 3.13. The minimum atomic E-state index is -1.24. The van der Waals surface area contributed by atoms with E-state index in [1.54, 1.807) is 31.1 Å². The lowest BCUT2D eigenvalue weighted by Crippen LogP contribution is -2.44. The van der Waals surface area contributed by atoms with Gasteiger partial charge in [0.1, 0.15) is 17.8 Å². The molecule has 2 aromatic rings. The number of nitrogens with one attached hydrogen (secondary N) is 1. The number of aryl methyl sites for hydroxylation is 2. The fourth-order valence-corrected chi connectivity index (χ4v) is 3.75. The van der Waals surface area contributed by atoms with E-state index in [1.165, 1.54) is 0 Å². The van der Waals surface area contributed by atoms with Crippen LogP contribution in [0.15, 0.2) is 42.5 Å². The molecule has 0 spiro atoms. The highest BCUT2D eigenvalue weighted by Gasteiger charge is 2.49. The summed E-state index contributed by atoms with van der Waals surface area (Å²) in [4.78, 5) is 41.3. The van der Waals surface area contributed by atoms with Crippen molar-refractivity contribution in [3.63, 3.8) is 0 Å². The molecule has 0 saturated carbocycles. The average Bonchev–Trinajstić information content (AvgIpc) is 2.92. The molecule has 1 heterocycles. The number of ether oxygens (including phenoxy) is 1. The van der Waals surface area contributed by atoms with Gasteiger partial charge >= 0.3 is 6.03 Å². The number of benzene rings is 2. The van der Waals surface area contributed by atoms with E-state index in [-0.39, 0.29) is 12.5 Å². The Balaban J connectivity index is 1.83. The predicted molar refractivity (Wildman–Crippen MR) is 115 cm³/mol. The quantitative estimate of drug-likeness (QED) is 0.744. The van der Waals surface area contributed by atoms with Gasteiger partial charge in [-0.15, -0.1) is 0 Å². The van der Waals surface area contributed by atoms with Crippen LogP contribution in [-0.4, -0.2) is 42.9 Å². The molecule has 7 nitrogen and oxygen atoms in total. The molecule has 3 rings (SSSR count). The van der Waals surface area contributed by atoms with Crippen LogP contribution in [0.4, 0.5) is 10.5 Å². The summed E-state index contributed by atoms with van der Waals surface area (Å²) in [5, 5.41) is 2.75. The Morgan fingerprint density at radius 1 is 1.17 bits per heavy atom. The van der Waals surface area contributed by atoms with E-state index >= 15 is 0 Å². The second kappa shape index (κ2) is 8.18. The van der Waals surface area contributed by atoms with Crippen LogP contribution in [0.5, 0.6) is 5.75 Å². The summed E-state index contributed by atoms with van der Waals surface area (Å²) >= 11 is 0. The summed E-state index contributed by atoms with van der Waals surface area (Å²) in [5.41, 5.74) is 2.01. The number of imide groups is 1. The lowest BCUT2D eigenvalue weighted by molar-refractivity contribution is -0.134. The van der Waals surface area contributed by atoms with E-state index in [2.05, 4.69) is 5.32 Å². The first-order valence-corrected chi connectivity index (χ1v) is 9.87. The lowest BCUT2D eigenvalue weighted by atomic mass is 9.90. The molecule has 2 aromatic carbocycles. The van der Waals surface area contributed by atoms with Crippen LogP contribution in [0, 0.1) is 13.8 Å². The third kappa shape index (κ3) is 3.75. The Labute approximate surface area is 176 Å². The van der Waals surface area contributed by atoms with Gasteiger partial charge in [0, 0.05) is 12.2 Å². The zero-order valence-electron chi connectivity index (χ0n) is 18.0. The molecule has 0 aliphatic carbocycles. The van der Waals surface area contributed by atoms with Gasteiger partial charge in [-0.2, -0.15) is 0 Å². The molecule has 1 fully saturated rings. The number of urea groups is 1. The van der Waals surface area contributed by atoms with E-state index in [0.29, 0.717) is 17.9 Å². The van der Waals surface area contributed by atoms with Crippen LogP contribution < -0.4 is 15.0 Å².